The molecule has 0 radical (unpaired) electrons. The Morgan fingerprint density at radius 1 is 0.656 bits per heavy atom. The Balaban J connectivity index is 1.69. The fourth-order valence-electron chi connectivity index (χ4n) is 4.03. The second kappa shape index (κ2) is 16.3. The molecule has 2 aliphatic heterocycles. The first-order valence-electron chi connectivity index (χ1n) is 12.3. The Bertz CT molecular complexity index is 571. The zero-order valence-corrected chi connectivity index (χ0v) is 21.6. The van der Waals surface area contributed by atoms with Gasteiger partial charge in [-0.15, -0.1) is 0 Å². The van der Waals surface area contributed by atoms with E-state index in [2.05, 4.69) is 55.3 Å². The van der Waals surface area contributed by atoms with Gasteiger partial charge in [0.15, 0.2) is 10.2 Å². The summed E-state index contributed by atoms with van der Waals surface area (Å²) in [6.45, 7) is 12.6. The molecule has 0 saturated carbocycles. The van der Waals surface area contributed by atoms with Crippen molar-refractivity contribution in [1.82, 2.24) is 31.3 Å². The number of hydrogen-bond acceptors (Lipinski definition) is 6. The Morgan fingerprint density at radius 2 is 1.03 bits per heavy atom. The second-order valence-electron chi connectivity index (χ2n) is 8.36. The Hall–Kier alpha value is -1.36. The van der Waals surface area contributed by atoms with Crippen LogP contribution < -0.4 is 21.5 Å². The lowest BCUT2D eigenvalue weighted by molar-refractivity contribution is 0.232. The highest BCUT2D eigenvalue weighted by Gasteiger charge is 2.11. The predicted octanol–water partition coefficient (Wildman–Crippen LogP) is 2.42. The fraction of sp³-hybridized carbons (Fsp3) is 0.818. The van der Waals surface area contributed by atoms with Crippen LogP contribution in [0.2, 0.25) is 0 Å². The molecule has 2 heterocycles. The molecule has 4 N–H and O–H groups in total. The fourth-order valence-corrected chi connectivity index (χ4v) is 4.33. The van der Waals surface area contributed by atoms with E-state index in [1.165, 1.54) is 64.7 Å². The van der Waals surface area contributed by atoms with Gasteiger partial charge >= 0.3 is 0 Å². The molecule has 2 saturated heterocycles. The number of piperidine rings is 2. The highest BCUT2D eigenvalue weighted by atomic mass is 32.1. The molecule has 2 aliphatic rings. The van der Waals surface area contributed by atoms with Crippen LogP contribution in [0.5, 0.6) is 0 Å². The number of nitrogens with one attached hydrogen (secondary N) is 4. The smallest absolute Gasteiger partial charge is 0.187 e. The lowest BCUT2D eigenvalue weighted by atomic mass is 10.1. The first kappa shape index (κ1) is 26.9. The summed E-state index contributed by atoms with van der Waals surface area (Å²) in [7, 11) is 0. The molecule has 0 atom stereocenters. The monoisotopic (exact) mass is 482 g/mol. The minimum Gasteiger partial charge on any atom is -0.360 e. The standard InChI is InChI=1S/C22H42N8S2/c1-3-19(25-27-21(31)23-11-17-29-13-7-5-8-14-29)20(4-2)26-28-22(32)24-12-18-30-15-9-6-10-16-30/h3-18H2,1-2H3,(H2,23,27,31)(H2,24,28,32)/b25-19-,26-20-. The highest BCUT2D eigenvalue weighted by Crippen LogP contribution is 2.08. The summed E-state index contributed by atoms with van der Waals surface area (Å²) in [5.41, 5.74) is 7.69. The van der Waals surface area contributed by atoms with Gasteiger partial charge in [0, 0.05) is 26.2 Å². The SMILES string of the molecule is CCC(=N/NC(=S)NCCN1CCCCC1)/C(CC)=N\NC(=S)NCCN1CCCCC1. The molecular weight excluding hydrogens is 440 g/mol. The van der Waals surface area contributed by atoms with E-state index in [4.69, 9.17) is 24.4 Å². The number of thiocarbonyl (C=S) groups is 2. The summed E-state index contributed by atoms with van der Waals surface area (Å²) < 4.78 is 0. The van der Waals surface area contributed by atoms with Gasteiger partial charge in [-0.2, -0.15) is 10.2 Å². The molecule has 0 aromatic rings. The molecule has 32 heavy (non-hydrogen) atoms. The van der Waals surface area contributed by atoms with E-state index in [0.29, 0.717) is 10.2 Å². The van der Waals surface area contributed by atoms with Gasteiger partial charge in [-0.3, -0.25) is 10.9 Å². The van der Waals surface area contributed by atoms with Crippen LogP contribution in [0.25, 0.3) is 0 Å². The van der Waals surface area contributed by atoms with Crippen LogP contribution in [-0.2, 0) is 0 Å². The largest absolute Gasteiger partial charge is 0.360 e. The summed E-state index contributed by atoms with van der Waals surface area (Å²) in [4.78, 5) is 4.97. The Kier molecular flexibility index (Phi) is 13.7. The van der Waals surface area contributed by atoms with Crippen LogP contribution in [0.1, 0.15) is 65.2 Å². The third-order valence-corrected chi connectivity index (χ3v) is 6.38. The van der Waals surface area contributed by atoms with E-state index >= 15 is 0 Å². The number of hydrogen-bond donors (Lipinski definition) is 4. The van der Waals surface area contributed by atoms with Crippen LogP contribution in [0.3, 0.4) is 0 Å². The molecule has 0 bridgehead atoms. The average molecular weight is 483 g/mol. The van der Waals surface area contributed by atoms with Crippen molar-refractivity contribution in [3.63, 3.8) is 0 Å². The van der Waals surface area contributed by atoms with E-state index in [9.17, 15) is 0 Å². The molecule has 2 fully saturated rings. The van der Waals surface area contributed by atoms with Gasteiger partial charge in [-0.05, 0) is 89.1 Å². The van der Waals surface area contributed by atoms with Crippen molar-refractivity contribution in [2.75, 3.05) is 52.4 Å². The van der Waals surface area contributed by atoms with Crippen LogP contribution >= 0.6 is 24.4 Å². The number of nitrogens with zero attached hydrogens (tertiary/aromatic N) is 4. The topological polar surface area (TPSA) is 79.3 Å². The zero-order chi connectivity index (χ0) is 23.0. The second-order valence-corrected chi connectivity index (χ2v) is 9.18. The molecule has 10 heteroatoms. The maximum absolute atomic E-state index is 5.38. The molecule has 0 unspecified atom stereocenters. The highest BCUT2D eigenvalue weighted by molar-refractivity contribution is 7.80. The molecule has 0 aromatic carbocycles. The maximum atomic E-state index is 5.38. The van der Waals surface area contributed by atoms with Crippen molar-refractivity contribution in [3.05, 3.63) is 0 Å². The maximum Gasteiger partial charge on any atom is 0.187 e. The van der Waals surface area contributed by atoms with Crippen molar-refractivity contribution < 1.29 is 0 Å². The van der Waals surface area contributed by atoms with Gasteiger partial charge in [-0.25, -0.2) is 0 Å². The van der Waals surface area contributed by atoms with Crippen LogP contribution in [0.15, 0.2) is 10.2 Å². The first-order chi connectivity index (χ1) is 15.6. The van der Waals surface area contributed by atoms with Gasteiger partial charge in [0.05, 0.1) is 11.4 Å². The van der Waals surface area contributed by atoms with Gasteiger partial charge < -0.3 is 20.4 Å². The van der Waals surface area contributed by atoms with Crippen molar-refractivity contribution in [2.24, 2.45) is 10.2 Å². The molecule has 0 aliphatic carbocycles. The third kappa shape index (κ3) is 11.0. The number of likely N-dealkylation sites (tertiary alicyclic amines) is 2. The van der Waals surface area contributed by atoms with Gasteiger partial charge in [0.1, 0.15) is 0 Å². The quantitative estimate of drug-likeness (QED) is 0.203. The Morgan fingerprint density at radius 3 is 1.38 bits per heavy atom. The van der Waals surface area contributed by atoms with Crippen LogP contribution in [0, 0.1) is 0 Å². The van der Waals surface area contributed by atoms with Crippen molar-refractivity contribution in [3.8, 4) is 0 Å². The van der Waals surface area contributed by atoms with E-state index in [-0.39, 0.29) is 0 Å². The number of rotatable bonds is 11. The molecule has 0 amide bonds. The van der Waals surface area contributed by atoms with Crippen molar-refractivity contribution >= 4 is 46.1 Å². The van der Waals surface area contributed by atoms with Gasteiger partial charge in [-0.1, -0.05) is 26.7 Å². The third-order valence-electron chi connectivity index (χ3n) is 5.91. The van der Waals surface area contributed by atoms with E-state index in [0.717, 1.165) is 50.4 Å². The first-order valence-corrected chi connectivity index (χ1v) is 13.1. The van der Waals surface area contributed by atoms with Crippen LogP contribution in [-0.4, -0.2) is 83.8 Å². The summed E-state index contributed by atoms with van der Waals surface area (Å²) in [6.07, 6.45) is 9.44. The van der Waals surface area contributed by atoms with E-state index in [1.807, 2.05) is 0 Å². The molecule has 8 nitrogen and oxygen atoms in total. The van der Waals surface area contributed by atoms with Crippen LogP contribution in [0.4, 0.5) is 0 Å². The lowest BCUT2D eigenvalue weighted by Crippen LogP contribution is -2.41. The number of hydrazone groups is 2. The predicted molar refractivity (Wildman–Crippen MR) is 144 cm³/mol. The average Bonchev–Trinajstić information content (AvgIpc) is 2.82. The summed E-state index contributed by atoms with van der Waals surface area (Å²) in [5.74, 6) is 0. The molecule has 0 spiro atoms. The summed E-state index contributed by atoms with van der Waals surface area (Å²) >= 11 is 10.8. The summed E-state index contributed by atoms with van der Waals surface area (Å²) in [5, 5.41) is 16.6. The lowest BCUT2D eigenvalue weighted by Gasteiger charge is -2.26. The normalized spacial score (nSPS) is 18.8. The minimum absolute atomic E-state index is 0.547. The van der Waals surface area contributed by atoms with E-state index < -0.39 is 0 Å². The van der Waals surface area contributed by atoms with Gasteiger partial charge in [0.25, 0.3) is 0 Å². The molecule has 0 aromatic heterocycles. The van der Waals surface area contributed by atoms with Gasteiger partial charge in [0.2, 0.25) is 0 Å². The Labute approximate surface area is 205 Å². The minimum atomic E-state index is 0.547. The zero-order valence-electron chi connectivity index (χ0n) is 19.9. The van der Waals surface area contributed by atoms with E-state index in [1.54, 1.807) is 0 Å². The molecule has 182 valence electrons. The molecule has 2 rings (SSSR count). The summed E-state index contributed by atoms with van der Waals surface area (Å²) in [6, 6.07) is 0. The van der Waals surface area contributed by atoms with Crippen molar-refractivity contribution in [1.29, 1.82) is 0 Å². The van der Waals surface area contributed by atoms with Crippen molar-refractivity contribution in [2.45, 2.75) is 65.2 Å². The molecular formula is C22H42N8S2.